The molecule has 0 fully saturated rings. The molecule has 84 valence electrons. The van der Waals surface area contributed by atoms with Crippen LogP contribution in [0.2, 0.25) is 0 Å². The summed E-state index contributed by atoms with van der Waals surface area (Å²) in [5, 5.41) is 9.71. The summed E-state index contributed by atoms with van der Waals surface area (Å²) in [6.07, 6.45) is 0.150. The van der Waals surface area contributed by atoms with E-state index < -0.39 is 15.9 Å². The lowest BCUT2D eigenvalue weighted by molar-refractivity contribution is 0.201. The Morgan fingerprint density at radius 2 is 2.00 bits per heavy atom. The summed E-state index contributed by atoms with van der Waals surface area (Å²) in [5.74, 6) is -0.247. The molecule has 0 bridgehead atoms. The first kappa shape index (κ1) is 12.7. The number of aliphatic hydroxyl groups is 1. The van der Waals surface area contributed by atoms with Crippen molar-refractivity contribution in [1.82, 2.24) is 0 Å². The van der Waals surface area contributed by atoms with Gasteiger partial charge in [-0.15, -0.1) is 0 Å². The van der Waals surface area contributed by atoms with Gasteiger partial charge in [-0.2, -0.15) is 0 Å². The number of sulfone groups is 1. The molecule has 0 aliphatic carbocycles. The summed E-state index contributed by atoms with van der Waals surface area (Å²) in [6, 6.07) is 5.40. The summed E-state index contributed by atoms with van der Waals surface area (Å²) in [7, 11) is -3.16. The molecule has 1 unspecified atom stereocenters. The van der Waals surface area contributed by atoms with E-state index in [1.165, 1.54) is 0 Å². The van der Waals surface area contributed by atoms with Crippen LogP contribution in [0.4, 0.5) is 0 Å². The maximum Gasteiger partial charge on any atom is 0.150 e. The quantitative estimate of drug-likeness (QED) is 0.925. The number of hydrogen-bond donors (Lipinski definition) is 1. The summed E-state index contributed by atoms with van der Waals surface area (Å²) in [6.45, 7) is 1.89. The van der Waals surface area contributed by atoms with Crippen molar-refractivity contribution in [1.29, 1.82) is 0 Å². The molecular formula is C10H13BrO3S. The molecule has 5 heteroatoms. The lowest BCUT2D eigenvalue weighted by Crippen LogP contribution is -2.12. The zero-order valence-electron chi connectivity index (χ0n) is 8.57. The summed E-state index contributed by atoms with van der Waals surface area (Å²) in [4.78, 5) is 0. The van der Waals surface area contributed by atoms with Gasteiger partial charge < -0.3 is 5.11 Å². The minimum atomic E-state index is -3.16. The van der Waals surface area contributed by atoms with Gasteiger partial charge in [0.2, 0.25) is 0 Å². The van der Waals surface area contributed by atoms with Crippen molar-refractivity contribution in [2.45, 2.75) is 13.0 Å². The molecule has 0 amide bonds. The average Bonchev–Trinajstić information content (AvgIpc) is 1.98. The number of hydrogen-bond acceptors (Lipinski definition) is 3. The molecule has 0 radical (unpaired) electrons. The third kappa shape index (κ3) is 4.32. The maximum absolute atomic E-state index is 11.0. The monoisotopic (exact) mass is 292 g/mol. The lowest BCUT2D eigenvalue weighted by Gasteiger charge is -2.11. The molecule has 0 saturated heterocycles. The molecule has 1 rings (SSSR count). The minimum Gasteiger partial charge on any atom is -0.387 e. The van der Waals surface area contributed by atoms with Gasteiger partial charge in [-0.1, -0.05) is 22.0 Å². The fourth-order valence-electron chi connectivity index (χ4n) is 1.34. The van der Waals surface area contributed by atoms with E-state index in [0.29, 0.717) is 5.56 Å². The van der Waals surface area contributed by atoms with Gasteiger partial charge in [0.05, 0.1) is 11.9 Å². The van der Waals surface area contributed by atoms with Crippen molar-refractivity contribution < 1.29 is 13.5 Å². The first-order chi connectivity index (χ1) is 6.78. The minimum absolute atomic E-state index is 0.247. The number of aryl methyl sites for hydroxylation is 1. The van der Waals surface area contributed by atoms with Crippen molar-refractivity contribution in [2.24, 2.45) is 0 Å². The van der Waals surface area contributed by atoms with Crippen LogP contribution in [0.3, 0.4) is 0 Å². The van der Waals surface area contributed by atoms with Gasteiger partial charge in [0, 0.05) is 10.7 Å². The normalized spacial score (nSPS) is 13.9. The zero-order valence-corrected chi connectivity index (χ0v) is 11.0. The van der Waals surface area contributed by atoms with Crippen LogP contribution in [0.25, 0.3) is 0 Å². The van der Waals surface area contributed by atoms with Crippen molar-refractivity contribution in [3.8, 4) is 0 Å². The number of halogens is 1. The Labute approximate surface area is 98.2 Å². The lowest BCUT2D eigenvalue weighted by atomic mass is 10.1. The topological polar surface area (TPSA) is 54.4 Å². The molecule has 1 atom stereocenters. The first-order valence-corrected chi connectivity index (χ1v) is 7.26. The molecule has 1 aromatic rings. The molecule has 0 aliphatic heterocycles. The second-order valence-corrected chi connectivity index (χ2v) is 6.77. The summed E-state index contributed by atoms with van der Waals surface area (Å²) in [5.41, 5.74) is 1.60. The average molecular weight is 293 g/mol. The maximum atomic E-state index is 11.0. The molecule has 0 spiro atoms. The molecule has 1 N–H and O–H groups in total. The van der Waals surface area contributed by atoms with Crippen molar-refractivity contribution in [3.63, 3.8) is 0 Å². The Bertz CT molecular complexity index is 433. The van der Waals surface area contributed by atoms with E-state index in [1.54, 1.807) is 12.1 Å². The van der Waals surface area contributed by atoms with Gasteiger partial charge in [-0.25, -0.2) is 8.42 Å². The van der Waals surface area contributed by atoms with Crippen LogP contribution in [0.1, 0.15) is 17.2 Å². The van der Waals surface area contributed by atoms with E-state index in [2.05, 4.69) is 15.9 Å². The van der Waals surface area contributed by atoms with E-state index in [9.17, 15) is 13.5 Å². The van der Waals surface area contributed by atoms with E-state index in [0.717, 1.165) is 16.3 Å². The Morgan fingerprint density at radius 3 is 2.47 bits per heavy atom. The largest absolute Gasteiger partial charge is 0.387 e. The standard InChI is InChI=1S/C10H13BrO3S/c1-7-3-8(5-9(11)4-7)10(12)6-15(2,13)14/h3-5,10,12H,6H2,1-2H3. The van der Waals surface area contributed by atoms with Gasteiger partial charge in [0.25, 0.3) is 0 Å². The van der Waals surface area contributed by atoms with Crippen LogP contribution in [0.5, 0.6) is 0 Å². The molecule has 0 aliphatic rings. The molecule has 0 saturated carbocycles. The highest BCUT2D eigenvalue weighted by Gasteiger charge is 2.14. The van der Waals surface area contributed by atoms with Gasteiger partial charge in [-0.05, 0) is 30.2 Å². The van der Waals surface area contributed by atoms with E-state index >= 15 is 0 Å². The van der Waals surface area contributed by atoms with Gasteiger partial charge in [-0.3, -0.25) is 0 Å². The van der Waals surface area contributed by atoms with Crippen molar-refractivity contribution >= 4 is 25.8 Å². The van der Waals surface area contributed by atoms with Crippen LogP contribution in [0.15, 0.2) is 22.7 Å². The smallest absolute Gasteiger partial charge is 0.150 e. The van der Waals surface area contributed by atoms with Gasteiger partial charge >= 0.3 is 0 Å². The highest BCUT2D eigenvalue weighted by atomic mass is 79.9. The van der Waals surface area contributed by atoms with Crippen LogP contribution >= 0.6 is 15.9 Å². The van der Waals surface area contributed by atoms with Crippen LogP contribution in [-0.2, 0) is 9.84 Å². The number of benzene rings is 1. The first-order valence-electron chi connectivity index (χ1n) is 4.41. The number of aliphatic hydroxyl groups excluding tert-OH is 1. The predicted octanol–water partition coefficient (Wildman–Crippen LogP) is 1.84. The summed E-state index contributed by atoms with van der Waals surface area (Å²) < 4.78 is 22.9. The molecular weight excluding hydrogens is 280 g/mol. The Morgan fingerprint density at radius 1 is 1.40 bits per heavy atom. The molecule has 0 aromatic heterocycles. The van der Waals surface area contributed by atoms with Gasteiger partial charge in [0.1, 0.15) is 9.84 Å². The Hall–Kier alpha value is -0.390. The zero-order chi connectivity index (χ0) is 11.6. The van der Waals surface area contributed by atoms with Crippen LogP contribution < -0.4 is 0 Å². The van der Waals surface area contributed by atoms with E-state index in [-0.39, 0.29) is 5.75 Å². The van der Waals surface area contributed by atoms with E-state index in [1.807, 2.05) is 13.0 Å². The highest BCUT2D eigenvalue weighted by Crippen LogP contribution is 2.21. The fraction of sp³-hybridized carbons (Fsp3) is 0.400. The molecule has 3 nitrogen and oxygen atoms in total. The predicted molar refractivity (Wildman–Crippen MR) is 63.5 cm³/mol. The third-order valence-corrected chi connectivity index (χ3v) is 3.29. The SMILES string of the molecule is Cc1cc(Br)cc(C(O)CS(C)(=O)=O)c1. The van der Waals surface area contributed by atoms with Crippen LogP contribution in [0, 0.1) is 6.92 Å². The Balaban J connectivity index is 2.96. The highest BCUT2D eigenvalue weighted by molar-refractivity contribution is 9.10. The van der Waals surface area contributed by atoms with Gasteiger partial charge in [0.15, 0.2) is 0 Å². The second kappa shape index (κ2) is 4.63. The fourth-order valence-corrected chi connectivity index (χ4v) is 2.73. The molecule has 0 heterocycles. The number of rotatable bonds is 3. The second-order valence-electron chi connectivity index (χ2n) is 3.67. The van der Waals surface area contributed by atoms with Crippen LogP contribution in [-0.4, -0.2) is 25.5 Å². The van der Waals surface area contributed by atoms with Crippen molar-refractivity contribution in [3.05, 3.63) is 33.8 Å². The molecule has 15 heavy (non-hydrogen) atoms. The van der Waals surface area contributed by atoms with E-state index in [4.69, 9.17) is 0 Å². The summed E-state index contributed by atoms with van der Waals surface area (Å²) >= 11 is 3.30. The third-order valence-electron chi connectivity index (χ3n) is 1.91. The van der Waals surface area contributed by atoms with Crippen molar-refractivity contribution in [2.75, 3.05) is 12.0 Å². The molecule has 1 aromatic carbocycles. The Kier molecular flexibility index (Phi) is 3.92.